The normalized spacial score (nSPS) is 12.4. The van der Waals surface area contributed by atoms with E-state index in [1.807, 2.05) is 0 Å². The number of nitrogens with zero attached hydrogens (tertiary/aromatic N) is 4. The molecular weight excluding hydrogens is 516 g/mol. The van der Waals surface area contributed by atoms with Crippen LogP contribution in [0.2, 0.25) is 0 Å². The standard InChI is InChI=1S/C36H40N6/c1-35(2,3)27-15-11-25(12-16-27)23-41-21-7-9-29-33(41)39-31(37-29)19-20-32-38-30-10-8-22-42(34(30)40-32)24-26-13-17-28(18-14-26)36(4,5)6/h7-18,21-22H,19-20,23-24H2,1-6H3/p+2. The van der Waals surface area contributed by atoms with Crippen LogP contribution in [0.4, 0.5) is 0 Å². The summed E-state index contributed by atoms with van der Waals surface area (Å²) in [6.45, 7) is 15.1. The summed E-state index contributed by atoms with van der Waals surface area (Å²) in [6.07, 6.45) is 5.78. The number of hydrogen-bond donors (Lipinski definition) is 2. The summed E-state index contributed by atoms with van der Waals surface area (Å²) in [6, 6.07) is 26.3. The molecule has 0 saturated carbocycles. The second-order valence-corrected chi connectivity index (χ2v) is 13.5. The number of aromatic amines is 2. The minimum Gasteiger partial charge on any atom is -0.316 e. The fraction of sp³-hybridized carbons (Fsp3) is 0.333. The van der Waals surface area contributed by atoms with Crippen molar-refractivity contribution in [3.8, 4) is 0 Å². The summed E-state index contributed by atoms with van der Waals surface area (Å²) in [5.41, 5.74) is 9.61. The van der Waals surface area contributed by atoms with E-state index in [2.05, 4.69) is 146 Å². The maximum Gasteiger partial charge on any atom is 0.349 e. The van der Waals surface area contributed by atoms with Gasteiger partial charge in [0.25, 0.3) is 0 Å². The smallest absolute Gasteiger partial charge is 0.316 e. The number of nitrogens with one attached hydrogen (secondary N) is 2. The van der Waals surface area contributed by atoms with E-state index in [9.17, 15) is 0 Å². The number of aryl methyl sites for hydroxylation is 2. The molecule has 0 bridgehead atoms. The Labute approximate surface area is 248 Å². The number of rotatable bonds is 7. The summed E-state index contributed by atoms with van der Waals surface area (Å²) in [5, 5.41) is 0. The van der Waals surface area contributed by atoms with Crippen LogP contribution in [0.25, 0.3) is 22.3 Å². The molecule has 6 heteroatoms. The Kier molecular flexibility index (Phi) is 7.17. The van der Waals surface area contributed by atoms with Gasteiger partial charge in [0.2, 0.25) is 11.6 Å². The summed E-state index contributed by atoms with van der Waals surface area (Å²) >= 11 is 0. The highest BCUT2D eigenvalue weighted by Crippen LogP contribution is 2.23. The average Bonchev–Trinajstić information content (AvgIpc) is 3.56. The molecule has 42 heavy (non-hydrogen) atoms. The molecule has 6 rings (SSSR count). The minimum atomic E-state index is 0.154. The zero-order chi connectivity index (χ0) is 29.5. The summed E-state index contributed by atoms with van der Waals surface area (Å²) in [5.74, 6) is 1.95. The van der Waals surface area contributed by atoms with Crippen LogP contribution in [0.1, 0.15) is 75.4 Å². The number of hydrogen-bond acceptors (Lipinski definition) is 2. The van der Waals surface area contributed by atoms with Crippen molar-refractivity contribution in [3.63, 3.8) is 0 Å². The van der Waals surface area contributed by atoms with Crippen molar-refractivity contribution in [2.24, 2.45) is 0 Å². The van der Waals surface area contributed by atoms with Gasteiger partial charge in [-0.2, -0.15) is 0 Å². The van der Waals surface area contributed by atoms with Crippen molar-refractivity contribution in [1.29, 1.82) is 0 Å². The summed E-state index contributed by atoms with van der Waals surface area (Å²) < 4.78 is 4.44. The van der Waals surface area contributed by atoms with Crippen molar-refractivity contribution in [2.45, 2.75) is 78.3 Å². The molecule has 0 radical (unpaired) electrons. The van der Waals surface area contributed by atoms with Crippen molar-refractivity contribution >= 4 is 22.3 Å². The molecule has 4 heterocycles. The Morgan fingerprint density at radius 3 is 1.29 bits per heavy atom. The van der Waals surface area contributed by atoms with Gasteiger partial charge in [0.1, 0.15) is 24.1 Å². The zero-order valence-corrected chi connectivity index (χ0v) is 25.7. The molecule has 0 aliphatic rings. The van der Waals surface area contributed by atoms with E-state index < -0.39 is 0 Å². The lowest BCUT2D eigenvalue weighted by atomic mass is 9.87. The molecule has 2 N–H and O–H groups in total. The first kappa shape index (κ1) is 27.8. The molecule has 2 aromatic carbocycles. The van der Waals surface area contributed by atoms with E-state index in [1.54, 1.807) is 0 Å². The van der Waals surface area contributed by atoms with Crippen LogP contribution in [-0.2, 0) is 36.8 Å². The Balaban J connectivity index is 1.16. The van der Waals surface area contributed by atoms with Gasteiger partial charge >= 0.3 is 11.3 Å². The van der Waals surface area contributed by atoms with E-state index in [0.717, 1.165) is 59.9 Å². The highest BCUT2D eigenvalue weighted by Gasteiger charge is 2.21. The quantitative estimate of drug-likeness (QED) is 0.220. The Hall–Kier alpha value is -4.32. The molecule has 0 saturated heterocycles. The van der Waals surface area contributed by atoms with E-state index >= 15 is 0 Å². The molecule has 214 valence electrons. The molecule has 6 aromatic rings. The van der Waals surface area contributed by atoms with Crippen molar-refractivity contribution in [3.05, 3.63) is 119 Å². The maximum absolute atomic E-state index is 4.99. The average molecular weight is 559 g/mol. The molecule has 4 aromatic heterocycles. The first-order valence-corrected chi connectivity index (χ1v) is 15.0. The second kappa shape index (κ2) is 10.8. The number of aromatic nitrogens is 6. The van der Waals surface area contributed by atoms with Gasteiger partial charge in [0.15, 0.2) is 0 Å². The Morgan fingerprint density at radius 2 is 0.929 bits per heavy atom. The third kappa shape index (κ3) is 5.98. The van der Waals surface area contributed by atoms with Crippen molar-refractivity contribution in [1.82, 2.24) is 19.9 Å². The largest absolute Gasteiger partial charge is 0.349 e. The van der Waals surface area contributed by atoms with E-state index in [1.165, 1.54) is 22.3 Å². The zero-order valence-electron chi connectivity index (χ0n) is 25.7. The van der Waals surface area contributed by atoms with Gasteiger partial charge in [0, 0.05) is 12.8 Å². The van der Waals surface area contributed by atoms with Gasteiger partial charge in [0.05, 0.1) is 12.4 Å². The predicted molar refractivity (Wildman–Crippen MR) is 168 cm³/mol. The minimum absolute atomic E-state index is 0.154. The molecule has 0 aliphatic heterocycles. The summed E-state index contributed by atoms with van der Waals surface area (Å²) in [7, 11) is 0. The number of H-pyrrole nitrogens is 2. The molecule has 0 unspecified atom stereocenters. The summed E-state index contributed by atoms with van der Waals surface area (Å²) in [4.78, 5) is 17.1. The second-order valence-electron chi connectivity index (χ2n) is 13.5. The lowest BCUT2D eigenvalue weighted by molar-refractivity contribution is -0.664. The molecule has 0 amide bonds. The number of pyridine rings is 2. The van der Waals surface area contributed by atoms with Gasteiger partial charge in [-0.3, -0.25) is 0 Å². The monoisotopic (exact) mass is 558 g/mol. The number of imidazole rings is 2. The SMILES string of the molecule is CC(C)(C)c1ccc(C[n+]2cccc3[nH]c(CCc4nc5c(ccc[n+]5Cc5ccc(C(C)(C)C)cc5)[nH]4)nc32)cc1. The first-order chi connectivity index (χ1) is 20.0. The van der Waals surface area contributed by atoms with Gasteiger partial charge in [-0.05, 0) is 67.3 Å². The topological polar surface area (TPSA) is 65.1 Å². The Morgan fingerprint density at radius 1 is 0.548 bits per heavy atom. The molecule has 0 fully saturated rings. The van der Waals surface area contributed by atoms with Crippen molar-refractivity contribution in [2.75, 3.05) is 0 Å². The third-order valence-corrected chi connectivity index (χ3v) is 8.07. The van der Waals surface area contributed by atoms with Gasteiger partial charge in [-0.15, -0.1) is 0 Å². The van der Waals surface area contributed by atoms with E-state index in [4.69, 9.17) is 9.97 Å². The Bertz CT molecular complexity index is 1690. The highest BCUT2D eigenvalue weighted by atomic mass is 15.1. The van der Waals surface area contributed by atoms with Crippen LogP contribution >= 0.6 is 0 Å². The fourth-order valence-electron chi connectivity index (χ4n) is 5.49. The van der Waals surface area contributed by atoms with Gasteiger partial charge in [-0.25, -0.2) is 9.13 Å². The van der Waals surface area contributed by atoms with Crippen LogP contribution in [-0.4, -0.2) is 19.9 Å². The molecule has 0 aliphatic carbocycles. The predicted octanol–water partition coefficient (Wildman–Crippen LogP) is 6.49. The molecule has 0 spiro atoms. The van der Waals surface area contributed by atoms with Crippen molar-refractivity contribution < 1.29 is 9.13 Å². The van der Waals surface area contributed by atoms with Crippen LogP contribution < -0.4 is 9.13 Å². The first-order valence-electron chi connectivity index (χ1n) is 15.0. The lowest BCUT2D eigenvalue weighted by Crippen LogP contribution is -2.35. The van der Waals surface area contributed by atoms with Crippen LogP contribution in [0, 0.1) is 0 Å². The molecule has 0 atom stereocenters. The maximum atomic E-state index is 4.99. The third-order valence-electron chi connectivity index (χ3n) is 8.07. The van der Waals surface area contributed by atoms with E-state index in [0.29, 0.717) is 0 Å². The lowest BCUT2D eigenvalue weighted by Gasteiger charge is -2.19. The van der Waals surface area contributed by atoms with Gasteiger partial charge < -0.3 is 9.97 Å². The number of fused-ring (bicyclic) bond motifs is 2. The van der Waals surface area contributed by atoms with Crippen LogP contribution in [0.15, 0.2) is 85.2 Å². The molecule has 6 nitrogen and oxygen atoms in total. The van der Waals surface area contributed by atoms with Crippen LogP contribution in [0.3, 0.4) is 0 Å². The highest BCUT2D eigenvalue weighted by molar-refractivity contribution is 5.67. The van der Waals surface area contributed by atoms with E-state index in [-0.39, 0.29) is 10.8 Å². The fourth-order valence-corrected chi connectivity index (χ4v) is 5.49. The van der Waals surface area contributed by atoms with Crippen LogP contribution in [0.5, 0.6) is 0 Å². The number of benzene rings is 2. The van der Waals surface area contributed by atoms with Gasteiger partial charge in [-0.1, -0.05) is 90.1 Å². The molecular formula is C36H42N6+2.